The van der Waals surface area contributed by atoms with E-state index in [0.717, 1.165) is 97.1 Å². The van der Waals surface area contributed by atoms with Gasteiger partial charge in [-0.05, 0) is 344 Å². The van der Waals surface area contributed by atoms with Crippen molar-refractivity contribution in [3.8, 4) is 0 Å². The first-order valence-electron chi connectivity index (χ1n) is 46.8. The third-order valence-corrected chi connectivity index (χ3v) is 28.8. The molecular formula is C113H134O2. The van der Waals surface area contributed by atoms with Crippen molar-refractivity contribution in [3.63, 3.8) is 0 Å². The maximum atomic E-state index is 14.5. The molecular weight excluding hydrogens is 1390 g/mol. The van der Waals surface area contributed by atoms with Gasteiger partial charge in [0.05, 0.1) is 12.2 Å². The van der Waals surface area contributed by atoms with Crippen molar-refractivity contribution in [3.05, 3.63) is 166 Å². The smallest absolute Gasteiger partial charge is 0.338 e. The molecule has 115 heavy (non-hydrogen) atoms. The Labute approximate surface area is 688 Å². The molecule has 17 aromatic rings. The molecule has 0 fully saturated rings. The molecule has 0 aliphatic rings. The summed E-state index contributed by atoms with van der Waals surface area (Å²) in [5.74, 6) is 6.72. The molecule has 0 aliphatic carbocycles. The van der Waals surface area contributed by atoms with Gasteiger partial charge >= 0.3 is 5.97 Å². The number of rotatable bonds is 41. The van der Waals surface area contributed by atoms with Crippen LogP contribution in [-0.2, 0) is 43.3 Å². The fourth-order valence-electron chi connectivity index (χ4n) is 22.2. The van der Waals surface area contributed by atoms with Crippen molar-refractivity contribution in [2.24, 2.45) is 59.2 Å². The molecule has 598 valence electrons. The van der Waals surface area contributed by atoms with Crippen LogP contribution in [0.15, 0.2) is 127 Å². The van der Waals surface area contributed by atoms with Crippen molar-refractivity contribution in [2.75, 3.05) is 6.61 Å². The molecule has 0 bridgehead atoms. The van der Waals surface area contributed by atoms with Crippen LogP contribution in [0.25, 0.3) is 162 Å². The lowest BCUT2D eigenvalue weighted by atomic mass is 9.72. The Morgan fingerprint density at radius 2 is 0.470 bits per heavy atom. The Morgan fingerprint density at radius 1 is 0.226 bits per heavy atom. The molecule has 17 rings (SSSR count). The van der Waals surface area contributed by atoms with E-state index in [0.29, 0.717) is 41.8 Å². The summed E-state index contributed by atoms with van der Waals surface area (Å²) >= 11 is 0. The second kappa shape index (κ2) is 33.4. The first-order chi connectivity index (χ1) is 55.6. The van der Waals surface area contributed by atoms with Gasteiger partial charge in [0.15, 0.2) is 0 Å². The van der Waals surface area contributed by atoms with Crippen molar-refractivity contribution in [1.29, 1.82) is 0 Å². The van der Waals surface area contributed by atoms with Crippen LogP contribution in [0.5, 0.6) is 0 Å². The second-order valence-electron chi connectivity index (χ2n) is 40.6. The maximum Gasteiger partial charge on any atom is 0.338 e. The van der Waals surface area contributed by atoms with Gasteiger partial charge in [0, 0.05) is 0 Å². The average Bonchev–Trinajstić information content (AvgIpc) is 0.641. The Balaban J connectivity index is 0.910. The van der Waals surface area contributed by atoms with E-state index in [2.05, 4.69) is 225 Å². The van der Waals surface area contributed by atoms with Crippen LogP contribution in [-0.4, -0.2) is 12.6 Å². The van der Waals surface area contributed by atoms with Crippen LogP contribution in [0.1, 0.15) is 289 Å². The van der Waals surface area contributed by atoms with Crippen molar-refractivity contribution >= 4 is 168 Å². The zero-order chi connectivity index (χ0) is 79.8. The highest BCUT2D eigenvalue weighted by Gasteiger charge is 2.34. The lowest BCUT2D eigenvalue weighted by molar-refractivity contribution is 0.0500. The van der Waals surface area contributed by atoms with Crippen LogP contribution in [0.2, 0.25) is 0 Å². The number of hydrogen-bond donors (Lipinski definition) is 0. The summed E-state index contributed by atoms with van der Waals surface area (Å²) in [6.07, 6.45) is 33.5. The number of fused-ring (bicyclic) bond motifs is 6. The Bertz CT molecular complexity index is 5940. The fraction of sp³-hybridized carbons (Fsp3) is 0.478. The number of unbranched alkanes of at least 4 members (excludes halogenated alkanes) is 1. The van der Waals surface area contributed by atoms with Gasteiger partial charge in [0.2, 0.25) is 0 Å². The molecule has 0 aromatic heterocycles. The molecule has 2 nitrogen and oxygen atoms in total. The monoisotopic (exact) mass is 1520 g/mol. The molecule has 0 saturated heterocycles. The van der Waals surface area contributed by atoms with E-state index >= 15 is 0 Å². The van der Waals surface area contributed by atoms with Gasteiger partial charge in [0.1, 0.15) is 0 Å². The first-order valence-corrected chi connectivity index (χ1v) is 46.8. The molecule has 2 heteroatoms. The molecule has 0 N–H and O–H groups in total. The summed E-state index contributed by atoms with van der Waals surface area (Å²) in [7, 11) is 0. The van der Waals surface area contributed by atoms with Gasteiger partial charge in [-0.3, -0.25) is 0 Å². The molecule has 0 radical (unpaired) electrons. The first kappa shape index (κ1) is 79.4. The minimum absolute atomic E-state index is 0.228. The van der Waals surface area contributed by atoms with Gasteiger partial charge in [-0.2, -0.15) is 0 Å². The number of ether oxygens (including phenoxy) is 1. The van der Waals surface area contributed by atoms with E-state index in [-0.39, 0.29) is 5.97 Å². The number of carbonyl (C=O) groups excluding carboxylic acids is 1. The van der Waals surface area contributed by atoms with Gasteiger partial charge < -0.3 is 4.74 Å². The molecule has 0 spiro atoms. The predicted octanol–water partition coefficient (Wildman–Crippen LogP) is 34.2. The number of hydrogen-bond acceptors (Lipinski definition) is 2. The molecule has 5 unspecified atom stereocenters. The highest BCUT2D eigenvalue weighted by atomic mass is 16.5. The molecule has 0 aliphatic heterocycles. The minimum Gasteiger partial charge on any atom is -0.462 e. The summed E-state index contributed by atoms with van der Waals surface area (Å²) in [4.78, 5) is 14.5. The minimum atomic E-state index is -0.228. The average molecular weight is 1520 g/mol. The third kappa shape index (κ3) is 15.5. The standard InChI is InChI=1S/C113H134O2/c1-66(2)24-18-29-71(11)37-42-77-56-89-87-54-76(34-16-17-53-115-113(114)86-52-50-84-48-47-82-35-23-36-83-49-51-85(86)100(84)99(82)83)55-88-90-57-78(43-38-72(12)30-19-25-67(3)4)59-92-94-61-80(45-40-74(14)32-21-27-69(7)8)63-96-98-65-81(46-41-75(15)33-22-28-70(9)10)64-97-95-62-79(44-39-73(13)31-20-26-68(5)6)60-93-91(58-77)102(89)108-107(101(87)88)109(103(90)92)111(105(94)96)112(106(97)98)110(108)104(93)95/h23,35-36,47-52,54-75H,16-22,24-34,37-46,53H2,1-15H3. The largest absolute Gasteiger partial charge is 0.462 e. The predicted molar refractivity (Wildman–Crippen MR) is 508 cm³/mol. The Kier molecular flexibility index (Phi) is 23.0. The van der Waals surface area contributed by atoms with Gasteiger partial charge in [-0.15, -0.1) is 0 Å². The fourth-order valence-corrected chi connectivity index (χ4v) is 22.2. The molecule has 0 saturated carbocycles. The quantitative estimate of drug-likeness (QED) is 0.0165. The van der Waals surface area contributed by atoms with Crippen LogP contribution >= 0.6 is 0 Å². The van der Waals surface area contributed by atoms with Crippen molar-refractivity contribution in [1.82, 2.24) is 0 Å². The number of carbonyl (C=O) groups is 1. The molecule has 0 amide bonds. The molecule has 0 heterocycles. The lowest BCUT2D eigenvalue weighted by Gasteiger charge is -2.30. The van der Waals surface area contributed by atoms with Gasteiger partial charge in [-0.1, -0.05) is 321 Å². The summed E-state index contributed by atoms with van der Waals surface area (Å²) in [5.41, 5.74) is 9.57. The number of aryl methyl sites for hydroxylation is 6. The number of benzene rings is 17. The second-order valence-corrected chi connectivity index (χ2v) is 40.6. The van der Waals surface area contributed by atoms with Gasteiger partial charge in [0.25, 0.3) is 0 Å². The van der Waals surface area contributed by atoms with Crippen LogP contribution in [0.4, 0.5) is 0 Å². The van der Waals surface area contributed by atoms with Crippen LogP contribution < -0.4 is 0 Å². The van der Waals surface area contributed by atoms with E-state index in [1.165, 1.54) is 307 Å². The SMILES string of the molecule is CC(C)CCCC(C)CCc1cc2c3cc(CCCCOC(=O)c4ccc5ccc6cccc7ccc4c5c67)cc4c5cc(CCC(C)CCCC(C)C)cc6c7cc(CCC(C)CCCC(C)C)cc8c9cc(CCC(C)CCCC(C)C)cc%10c%11cc(CCC(C)CCCC(C)C)cc%12c(c1)c2c1c(c34)c(c56)c(c78)c(c%109)c1c%12%11. The third-order valence-electron chi connectivity index (χ3n) is 28.8. The summed E-state index contributed by atoms with van der Waals surface area (Å²) in [5, 5.41) is 42.6. The van der Waals surface area contributed by atoms with E-state index in [1.807, 2.05) is 6.07 Å². The zero-order valence-corrected chi connectivity index (χ0v) is 73.2. The van der Waals surface area contributed by atoms with E-state index in [4.69, 9.17) is 4.74 Å². The van der Waals surface area contributed by atoms with E-state index in [9.17, 15) is 4.79 Å². The number of esters is 1. The molecule has 17 aromatic carbocycles. The lowest BCUT2D eigenvalue weighted by Crippen LogP contribution is -2.07. The van der Waals surface area contributed by atoms with E-state index in [1.54, 1.807) is 0 Å². The summed E-state index contributed by atoms with van der Waals surface area (Å²) in [6.45, 7) is 37.1. The van der Waals surface area contributed by atoms with Crippen molar-refractivity contribution < 1.29 is 9.53 Å². The van der Waals surface area contributed by atoms with Gasteiger partial charge in [-0.25, -0.2) is 4.79 Å². The zero-order valence-electron chi connectivity index (χ0n) is 73.2. The Morgan fingerprint density at radius 3 is 0.739 bits per heavy atom. The Hall–Kier alpha value is -8.07. The van der Waals surface area contributed by atoms with Crippen LogP contribution in [0, 0.1) is 59.2 Å². The molecule has 5 atom stereocenters. The van der Waals surface area contributed by atoms with Crippen LogP contribution in [0.3, 0.4) is 0 Å². The normalized spacial score (nSPS) is 14.4. The summed E-state index contributed by atoms with van der Waals surface area (Å²) < 4.78 is 6.39. The summed E-state index contributed by atoms with van der Waals surface area (Å²) in [6, 6.07) is 52.3. The highest BCUT2D eigenvalue weighted by molar-refractivity contribution is 6.61. The topological polar surface area (TPSA) is 26.3 Å². The van der Waals surface area contributed by atoms with E-state index < -0.39 is 0 Å². The highest BCUT2D eigenvalue weighted by Crippen LogP contribution is 2.61. The van der Waals surface area contributed by atoms with Crippen molar-refractivity contribution in [2.45, 2.75) is 284 Å². The maximum absolute atomic E-state index is 14.5.